The van der Waals surface area contributed by atoms with Crippen LogP contribution in [0.25, 0.3) is 0 Å². The van der Waals surface area contributed by atoms with Crippen molar-refractivity contribution in [2.24, 2.45) is 11.5 Å². The normalized spacial score (nSPS) is 40.1. The quantitative estimate of drug-likeness (QED) is 0.754. The Bertz CT molecular complexity index is 294. The summed E-state index contributed by atoms with van der Waals surface area (Å²) in [6.07, 6.45) is 7.55. The number of hydrogen-bond donors (Lipinski definition) is 2. The van der Waals surface area contributed by atoms with Gasteiger partial charge in [-0.3, -0.25) is 9.69 Å². The summed E-state index contributed by atoms with van der Waals surface area (Å²) in [6, 6.07) is 1.08. The van der Waals surface area contributed by atoms with E-state index in [1.165, 1.54) is 19.3 Å². The van der Waals surface area contributed by atoms with Crippen LogP contribution in [0, 0.1) is 0 Å². The Kier molecular flexibility index (Phi) is 3.73. The van der Waals surface area contributed by atoms with Crippen LogP contribution in [-0.2, 0) is 4.79 Å². The molecule has 0 radical (unpaired) electrons. The molecule has 2 aliphatic rings. The van der Waals surface area contributed by atoms with Gasteiger partial charge in [-0.25, -0.2) is 0 Å². The predicted molar refractivity (Wildman–Crippen MR) is 68.4 cm³/mol. The molecule has 0 aromatic carbocycles. The number of hydrogen-bond acceptors (Lipinski definition) is 3. The molecular formula is C13H25N3O. The lowest BCUT2D eigenvalue weighted by Gasteiger charge is -2.45. The molecule has 0 aromatic rings. The summed E-state index contributed by atoms with van der Waals surface area (Å²) in [5.41, 5.74) is 10.8. The zero-order valence-electron chi connectivity index (χ0n) is 10.8. The molecule has 0 bridgehead atoms. The number of likely N-dealkylation sites (tertiary alicyclic amines) is 1. The Balaban J connectivity index is 2.03. The van der Waals surface area contributed by atoms with Crippen LogP contribution < -0.4 is 11.5 Å². The maximum absolute atomic E-state index is 11.5. The van der Waals surface area contributed by atoms with Gasteiger partial charge in [0.05, 0.1) is 5.54 Å². The molecule has 0 aromatic heterocycles. The molecule has 0 spiro atoms. The molecule has 98 valence electrons. The van der Waals surface area contributed by atoms with Crippen LogP contribution in [0.15, 0.2) is 0 Å². The van der Waals surface area contributed by atoms with Crippen molar-refractivity contribution >= 4 is 5.91 Å². The minimum Gasteiger partial charge on any atom is -0.368 e. The van der Waals surface area contributed by atoms with Gasteiger partial charge in [-0.15, -0.1) is 0 Å². The minimum atomic E-state index is -0.764. The van der Waals surface area contributed by atoms with Gasteiger partial charge in [0.2, 0.25) is 5.91 Å². The monoisotopic (exact) mass is 239 g/mol. The second kappa shape index (κ2) is 4.94. The number of nitrogens with zero attached hydrogens (tertiary/aromatic N) is 1. The van der Waals surface area contributed by atoms with Crippen molar-refractivity contribution in [3.05, 3.63) is 0 Å². The number of nitrogens with two attached hydrogens (primary N) is 2. The van der Waals surface area contributed by atoms with Gasteiger partial charge < -0.3 is 11.5 Å². The van der Waals surface area contributed by atoms with Gasteiger partial charge in [0.15, 0.2) is 0 Å². The zero-order chi connectivity index (χ0) is 12.5. The summed E-state index contributed by atoms with van der Waals surface area (Å²) in [6.45, 7) is 3.44. The number of rotatable bonds is 2. The van der Waals surface area contributed by atoms with E-state index in [-0.39, 0.29) is 5.91 Å². The lowest BCUT2D eigenvalue weighted by molar-refractivity contribution is -0.125. The van der Waals surface area contributed by atoms with E-state index in [0.717, 1.165) is 32.2 Å². The fraction of sp³-hybridized carbons (Fsp3) is 0.923. The molecule has 1 saturated heterocycles. The third-order valence-electron chi connectivity index (χ3n) is 4.57. The first-order valence-electron chi connectivity index (χ1n) is 6.87. The van der Waals surface area contributed by atoms with Crippen LogP contribution >= 0.6 is 0 Å². The number of amides is 1. The van der Waals surface area contributed by atoms with Gasteiger partial charge in [0.25, 0.3) is 0 Å². The van der Waals surface area contributed by atoms with E-state index in [2.05, 4.69) is 11.8 Å². The fourth-order valence-electron chi connectivity index (χ4n) is 3.45. The van der Waals surface area contributed by atoms with Crippen molar-refractivity contribution in [3.8, 4) is 0 Å². The molecule has 17 heavy (non-hydrogen) atoms. The Morgan fingerprint density at radius 3 is 2.71 bits per heavy atom. The summed E-state index contributed by atoms with van der Waals surface area (Å²) in [5, 5.41) is 0. The molecule has 1 heterocycles. The van der Waals surface area contributed by atoms with Gasteiger partial charge in [-0.05, 0) is 52.0 Å². The summed E-state index contributed by atoms with van der Waals surface area (Å²) in [4.78, 5) is 14.0. The Labute approximate surface area is 104 Å². The molecule has 2 fully saturated rings. The first-order chi connectivity index (χ1) is 8.03. The van der Waals surface area contributed by atoms with Crippen LogP contribution in [0.3, 0.4) is 0 Å². The van der Waals surface area contributed by atoms with Crippen LogP contribution in [0.5, 0.6) is 0 Å². The van der Waals surface area contributed by atoms with Crippen LogP contribution in [0.4, 0.5) is 0 Å². The minimum absolute atomic E-state index is 0.327. The Morgan fingerprint density at radius 2 is 2.06 bits per heavy atom. The molecular weight excluding hydrogens is 214 g/mol. The third-order valence-corrected chi connectivity index (χ3v) is 4.57. The van der Waals surface area contributed by atoms with Crippen LogP contribution in [0.2, 0.25) is 0 Å². The topological polar surface area (TPSA) is 72.3 Å². The summed E-state index contributed by atoms with van der Waals surface area (Å²) < 4.78 is 0. The molecule has 4 nitrogen and oxygen atoms in total. The van der Waals surface area contributed by atoms with Crippen molar-refractivity contribution in [2.75, 3.05) is 6.54 Å². The smallest absolute Gasteiger partial charge is 0.237 e. The Hall–Kier alpha value is -0.610. The highest BCUT2D eigenvalue weighted by Gasteiger charge is 2.40. The van der Waals surface area contributed by atoms with Gasteiger partial charge >= 0.3 is 0 Å². The molecule has 2 rings (SSSR count). The largest absolute Gasteiger partial charge is 0.368 e. The molecule has 1 aliphatic heterocycles. The zero-order valence-corrected chi connectivity index (χ0v) is 10.8. The number of carbonyl (C=O) groups excluding carboxylic acids is 1. The standard InChI is InChI=1S/C13H25N3O/c1-10-5-2-3-8-16(10)11-6-4-7-13(15,9-11)12(14)17/h10-11H,2-9,15H2,1H3,(H2,14,17). The predicted octanol–water partition coefficient (Wildman–Crippen LogP) is 0.986. The Morgan fingerprint density at radius 1 is 1.29 bits per heavy atom. The first-order valence-corrected chi connectivity index (χ1v) is 6.87. The summed E-state index contributed by atoms with van der Waals surface area (Å²) in [5.74, 6) is -0.327. The third kappa shape index (κ3) is 2.63. The van der Waals surface area contributed by atoms with E-state index < -0.39 is 5.54 Å². The second-order valence-electron chi connectivity index (χ2n) is 5.85. The molecule has 1 saturated carbocycles. The maximum atomic E-state index is 11.5. The van der Waals surface area contributed by atoms with Crippen LogP contribution in [-0.4, -0.2) is 35.0 Å². The fourth-order valence-corrected chi connectivity index (χ4v) is 3.45. The highest BCUT2D eigenvalue weighted by atomic mass is 16.1. The number of carbonyl (C=O) groups is 1. The lowest BCUT2D eigenvalue weighted by Crippen LogP contribution is -2.59. The summed E-state index contributed by atoms with van der Waals surface area (Å²) in [7, 11) is 0. The average molecular weight is 239 g/mol. The lowest BCUT2D eigenvalue weighted by atomic mass is 9.78. The van der Waals surface area contributed by atoms with E-state index in [1.807, 2.05) is 0 Å². The van der Waals surface area contributed by atoms with Crippen molar-refractivity contribution in [3.63, 3.8) is 0 Å². The first kappa shape index (κ1) is 12.8. The van der Waals surface area contributed by atoms with Crippen molar-refractivity contribution < 1.29 is 4.79 Å². The maximum Gasteiger partial charge on any atom is 0.237 e. The van der Waals surface area contributed by atoms with Crippen LogP contribution in [0.1, 0.15) is 51.9 Å². The van der Waals surface area contributed by atoms with Gasteiger partial charge in [0.1, 0.15) is 0 Å². The number of piperidine rings is 1. The molecule has 3 atom stereocenters. The van der Waals surface area contributed by atoms with E-state index >= 15 is 0 Å². The average Bonchev–Trinajstić information content (AvgIpc) is 2.29. The van der Waals surface area contributed by atoms with Crippen molar-refractivity contribution in [1.29, 1.82) is 0 Å². The highest BCUT2D eigenvalue weighted by molar-refractivity contribution is 5.84. The second-order valence-corrected chi connectivity index (χ2v) is 5.85. The van der Waals surface area contributed by atoms with E-state index in [4.69, 9.17) is 11.5 Å². The molecule has 3 unspecified atom stereocenters. The van der Waals surface area contributed by atoms with Gasteiger partial charge in [-0.1, -0.05) is 6.42 Å². The molecule has 4 heteroatoms. The van der Waals surface area contributed by atoms with Crippen molar-refractivity contribution in [1.82, 2.24) is 4.90 Å². The van der Waals surface area contributed by atoms with E-state index in [0.29, 0.717) is 12.1 Å². The van der Waals surface area contributed by atoms with Crippen molar-refractivity contribution in [2.45, 2.75) is 69.5 Å². The molecule has 1 aliphatic carbocycles. The number of primary amides is 1. The van der Waals surface area contributed by atoms with Gasteiger partial charge in [0, 0.05) is 12.1 Å². The summed E-state index contributed by atoms with van der Waals surface area (Å²) >= 11 is 0. The van der Waals surface area contributed by atoms with Gasteiger partial charge in [-0.2, -0.15) is 0 Å². The molecule has 4 N–H and O–H groups in total. The van der Waals surface area contributed by atoms with E-state index in [1.54, 1.807) is 0 Å². The van der Waals surface area contributed by atoms with E-state index in [9.17, 15) is 4.79 Å². The molecule has 1 amide bonds. The highest BCUT2D eigenvalue weighted by Crippen LogP contribution is 2.32. The SMILES string of the molecule is CC1CCCCN1C1CCCC(N)(C(N)=O)C1.